The first-order chi connectivity index (χ1) is 4.13. The van der Waals surface area contributed by atoms with Crippen molar-refractivity contribution in [1.29, 1.82) is 0 Å². The van der Waals surface area contributed by atoms with Crippen LogP contribution in [-0.2, 0) is 4.79 Å². The first-order valence-corrected chi connectivity index (χ1v) is 3.15. The van der Waals surface area contributed by atoms with E-state index in [0.29, 0.717) is 0 Å². The highest BCUT2D eigenvalue weighted by atomic mass is 16.2. The van der Waals surface area contributed by atoms with Gasteiger partial charge in [0.15, 0.2) is 0 Å². The summed E-state index contributed by atoms with van der Waals surface area (Å²) in [4.78, 5) is 12.7. The van der Waals surface area contributed by atoms with Crippen molar-refractivity contribution < 1.29 is 4.79 Å². The Kier molecular flexibility index (Phi) is 1.45. The fourth-order valence-corrected chi connectivity index (χ4v) is 1.04. The van der Waals surface area contributed by atoms with Crippen molar-refractivity contribution >= 4 is 5.91 Å². The summed E-state index contributed by atoms with van der Waals surface area (Å²) in [5, 5.41) is 3.09. The van der Waals surface area contributed by atoms with Crippen molar-refractivity contribution in [2.45, 2.75) is 26.1 Å². The van der Waals surface area contributed by atoms with E-state index in [4.69, 9.17) is 0 Å². The van der Waals surface area contributed by atoms with Crippen molar-refractivity contribution in [2.75, 3.05) is 7.05 Å². The first-order valence-electron chi connectivity index (χ1n) is 3.15. The molecule has 3 heteroatoms. The molecule has 0 bridgehead atoms. The van der Waals surface area contributed by atoms with Gasteiger partial charge in [-0.25, -0.2) is 0 Å². The van der Waals surface area contributed by atoms with Gasteiger partial charge in [0.25, 0.3) is 0 Å². The molecule has 1 saturated heterocycles. The van der Waals surface area contributed by atoms with Crippen LogP contribution in [0.2, 0.25) is 0 Å². The summed E-state index contributed by atoms with van der Waals surface area (Å²) in [6, 6.07) is 0.00463. The summed E-state index contributed by atoms with van der Waals surface area (Å²) in [5.74, 6) is 0.183. The number of likely N-dealkylation sites (N-methyl/N-ethyl adjacent to an activating group) is 1. The van der Waals surface area contributed by atoms with Crippen LogP contribution < -0.4 is 5.32 Å². The second kappa shape index (κ2) is 1.99. The van der Waals surface area contributed by atoms with Gasteiger partial charge < -0.3 is 4.90 Å². The van der Waals surface area contributed by atoms with Gasteiger partial charge >= 0.3 is 0 Å². The van der Waals surface area contributed by atoms with Gasteiger partial charge in [-0.15, -0.1) is 0 Å². The van der Waals surface area contributed by atoms with E-state index in [1.807, 2.05) is 20.9 Å². The third kappa shape index (κ3) is 0.920. The van der Waals surface area contributed by atoms with Crippen molar-refractivity contribution in [3.8, 4) is 0 Å². The Morgan fingerprint density at radius 1 is 1.56 bits per heavy atom. The molecule has 1 aliphatic heterocycles. The molecule has 52 valence electrons. The summed E-state index contributed by atoms with van der Waals surface area (Å²) >= 11 is 0. The Morgan fingerprint density at radius 2 is 2.11 bits per heavy atom. The van der Waals surface area contributed by atoms with Crippen LogP contribution in [0.4, 0.5) is 0 Å². The minimum absolute atomic E-state index is 0.00463. The number of amides is 1. The van der Waals surface area contributed by atoms with Crippen LogP contribution in [0, 0.1) is 0 Å². The molecule has 0 aliphatic carbocycles. The van der Waals surface area contributed by atoms with Gasteiger partial charge in [0, 0.05) is 7.05 Å². The van der Waals surface area contributed by atoms with Crippen LogP contribution in [0.5, 0.6) is 0 Å². The number of hydrogen-bond donors (Lipinski definition) is 1. The molecular weight excluding hydrogens is 116 g/mol. The first kappa shape index (κ1) is 6.55. The topological polar surface area (TPSA) is 32.3 Å². The molecule has 1 heterocycles. The van der Waals surface area contributed by atoms with Crippen LogP contribution in [0.25, 0.3) is 0 Å². The maximum Gasteiger partial charge on any atom is 0.240 e. The third-order valence-corrected chi connectivity index (χ3v) is 1.79. The molecule has 0 spiro atoms. The molecule has 1 fully saturated rings. The highest BCUT2D eigenvalue weighted by Crippen LogP contribution is 2.05. The van der Waals surface area contributed by atoms with Crippen LogP contribution in [-0.4, -0.2) is 30.1 Å². The lowest BCUT2D eigenvalue weighted by Crippen LogP contribution is -2.30. The van der Waals surface area contributed by atoms with Gasteiger partial charge in [-0.1, -0.05) is 0 Å². The number of carbonyl (C=O) groups excluding carboxylic acids is 1. The van der Waals surface area contributed by atoms with E-state index in [9.17, 15) is 4.79 Å². The van der Waals surface area contributed by atoms with Gasteiger partial charge in [-0.3, -0.25) is 10.1 Å². The van der Waals surface area contributed by atoms with Crippen LogP contribution in [0.1, 0.15) is 13.8 Å². The molecule has 0 aromatic carbocycles. The predicted molar refractivity (Wildman–Crippen MR) is 34.8 cm³/mol. The molecule has 1 rings (SSSR count). The zero-order valence-corrected chi connectivity index (χ0v) is 6.01. The predicted octanol–water partition coefficient (Wildman–Crippen LogP) is -0.218. The molecule has 3 nitrogen and oxygen atoms in total. The Morgan fingerprint density at radius 3 is 2.22 bits per heavy atom. The maximum absolute atomic E-state index is 11.0. The fraction of sp³-hybridized carbons (Fsp3) is 0.833. The van der Waals surface area contributed by atoms with E-state index in [1.165, 1.54) is 0 Å². The molecule has 0 aromatic rings. The lowest BCUT2D eigenvalue weighted by Gasteiger charge is -2.12. The number of nitrogens with one attached hydrogen (secondary N) is 1. The summed E-state index contributed by atoms with van der Waals surface area (Å²) < 4.78 is 0. The standard InChI is InChI=1S/C6H12N2O/c1-4-6(9)8(3)5(2)7-4/h4-5,7H,1-3H3. The van der Waals surface area contributed by atoms with Crippen LogP contribution >= 0.6 is 0 Å². The van der Waals surface area contributed by atoms with E-state index in [1.54, 1.807) is 4.90 Å². The smallest absolute Gasteiger partial charge is 0.240 e. The van der Waals surface area contributed by atoms with Crippen LogP contribution in [0.15, 0.2) is 0 Å². The van der Waals surface area contributed by atoms with Crippen molar-refractivity contribution in [2.24, 2.45) is 0 Å². The highest BCUT2D eigenvalue weighted by molar-refractivity contribution is 5.83. The molecular formula is C6H12N2O. The Labute approximate surface area is 55.0 Å². The maximum atomic E-state index is 11.0. The summed E-state index contributed by atoms with van der Waals surface area (Å²) in [6.45, 7) is 3.85. The molecule has 1 N–H and O–H groups in total. The van der Waals surface area contributed by atoms with E-state index in [0.717, 1.165) is 0 Å². The average Bonchev–Trinajstić information content (AvgIpc) is 1.98. The van der Waals surface area contributed by atoms with E-state index in [2.05, 4.69) is 5.32 Å². The summed E-state index contributed by atoms with van der Waals surface area (Å²) in [6.07, 6.45) is 0.201. The van der Waals surface area contributed by atoms with Crippen LogP contribution in [0.3, 0.4) is 0 Å². The zero-order valence-electron chi connectivity index (χ0n) is 6.01. The highest BCUT2D eigenvalue weighted by Gasteiger charge is 2.29. The normalized spacial score (nSPS) is 35.9. The van der Waals surface area contributed by atoms with Gasteiger partial charge in [-0.2, -0.15) is 0 Å². The minimum Gasteiger partial charge on any atom is -0.329 e. The van der Waals surface area contributed by atoms with Crippen molar-refractivity contribution in [1.82, 2.24) is 10.2 Å². The quantitative estimate of drug-likeness (QED) is 0.489. The van der Waals surface area contributed by atoms with E-state index >= 15 is 0 Å². The Balaban J connectivity index is 2.65. The molecule has 2 unspecified atom stereocenters. The second-order valence-electron chi connectivity index (χ2n) is 2.51. The van der Waals surface area contributed by atoms with Crippen molar-refractivity contribution in [3.05, 3.63) is 0 Å². The molecule has 9 heavy (non-hydrogen) atoms. The number of hydrogen-bond acceptors (Lipinski definition) is 2. The summed E-state index contributed by atoms with van der Waals surface area (Å²) in [7, 11) is 1.81. The molecule has 0 saturated carbocycles. The third-order valence-electron chi connectivity index (χ3n) is 1.79. The summed E-state index contributed by atoms with van der Waals surface area (Å²) in [5.41, 5.74) is 0. The van der Waals surface area contributed by atoms with Gasteiger partial charge in [0.2, 0.25) is 5.91 Å². The number of carbonyl (C=O) groups is 1. The van der Waals surface area contributed by atoms with Crippen molar-refractivity contribution in [3.63, 3.8) is 0 Å². The van der Waals surface area contributed by atoms with E-state index in [-0.39, 0.29) is 18.1 Å². The lowest BCUT2D eigenvalue weighted by molar-refractivity contribution is -0.128. The van der Waals surface area contributed by atoms with Gasteiger partial charge in [-0.05, 0) is 13.8 Å². The number of nitrogens with zero attached hydrogens (tertiary/aromatic N) is 1. The SMILES string of the molecule is CC1NC(C)N(C)C1=O. The second-order valence-corrected chi connectivity index (χ2v) is 2.51. The molecule has 1 aliphatic rings. The largest absolute Gasteiger partial charge is 0.329 e. The van der Waals surface area contributed by atoms with Gasteiger partial charge in [0.05, 0.1) is 12.2 Å². The molecule has 1 amide bonds. The monoisotopic (exact) mass is 128 g/mol. The zero-order chi connectivity index (χ0) is 7.02. The minimum atomic E-state index is 0.00463. The average molecular weight is 128 g/mol. The number of rotatable bonds is 0. The molecule has 0 aromatic heterocycles. The Bertz CT molecular complexity index is 135. The van der Waals surface area contributed by atoms with Gasteiger partial charge in [0.1, 0.15) is 0 Å². The molecule has 0 radical (unpaired) electrons. The lowest BCUT2D eigenvalue weighted by atomic mass is 10.3. The molecule has 2 atom stereocenters. The Hall–Kier alpha value is -0.570. The fourth-order valence-electron chi connectivity index (χ4n) is 1.04. The van der Waals surface area contributed by atoms with E-state index < -0.39 is 0 Å².